The van der Waals surface area contributed by atoms with Crippen LogP contribution in [0.2, 0.25) is 0 Å². The molecule has 1 saturated heterocycles. The van der Waals surface area contributed by atoms with Crippen LogP contribution in [0.15, 0.2) is 35.4 Å². The number of aromatic nitrogens is 4. The molecule has 0 unspecified atom stereocenters. The van der Waals surface area contributed by atoms with Gasteiger partial charge >= 0.3 is 0 Å². The van der Waals surface area contributed by atoms with Gasteiger partial charge in [0.15, 0.2) is 11.5 Å². The maximum absolute atomic E-state index is 13.2. The van der Waals surface area contributed by atoms with Crippen LogP contribution < -0.4 is 10.9 Å². The van der Waals surface area contributed by atoms with Gasteiger partial charge in [-0.25, -0.2) is 15.0 Å². The molecule has 3 aromatic heterocycles. The average molecular weight is 442 g/mol. The number of nitrogens with zero attached hydrogens (tertiary/aromatic N) is 5. The number of rotatable bonds is 9. The number of nitrogens with one attached hydrogen (secondary N) is 1. The van der Waals surface area contributed by atoms with E-state index in [1.807, 2.05) is 13.0 Å². The zero-order valence-electron chi connectivity index (χ0n) is 18.1. The van der Waals surface area contributed by atoms with E-state index in [-0.39, 0.29) is 11.4 Å². The lowest BCUT2D eigenvalue weighted by Gasteiger charge is -2.26. The Morgan fingerprint density at radius 1 is 1.16 bits per heavy atom. The molecule has 3 aromatic rings. The lowest BCUT2D eigenvalue weighted by Crippen LogP contribution is -2.39. The molecule has 170 valence electrons. The van der Waals surface area contributed by atoms with Gasteiger partial charge in [0.05, 0.1) is 25.3 Å². The van der Waals surface area contributed by atoms with E-state index in [2.05, 4.69) is 25.2 Å². The van der Waals surface area contributed by atoms with Crippen molar-refractivity contribution < 1.29 is 13.9 Å². The van der Waals surface area contributed by atoms with E-state index in [4.69, 9.17) is 9.47 Å². The van der Waals surface area contributed by atoms with Gasteiger partial charge in [0.2, 0.25) is 5.95 Å². The Morgan fingerprint density at radius 3 is 2.72 bits per heavy atom. The van der Waals surface area contributed by atoms with E-state index >= 15 is 0 Å². The molecule has 0 bridgehead atoms. The third-order valence-corrected chi connectivity index (χ3v) is 5.35. The van der Waals surface area contributed by atoms with Gasteiger partial charge in [0.1, 0.15) is 0 Å². The van der Waals surface area contributed by atoms with Gasteiger partial charge in [-0.1, -0.05) is 0 Å². The Bertz CT molecular complexity index is 1100. The average Bonchev–Trinajstić information content (AvgIpc) is 2.82. The molecule has 10 heteroatoms. The van der Waals surface area contributed by atoms with Crippen molar-refractivity contribution in [2.75, 3.05) is 57.9 Å². The van der Waals surface area contributed by atoms with Crippen molar-refractivity contribution in [2.45, 2.75) is 13.5 Å². The molecule has 1 N–H and O–H groups in total. The van der Waals surface area contributed by atoms with Crippen molar-refractivity contribution >= 4 is 17.0 Å². The number of fused-ring (bicyclic) bond motifs is 1. The van der Waals surface area contributed by atoms with Crippen molar-refractivity contribution in [1.29, 1.82) is 0 Å². The molecule has 1 aliphatic rings. The highest BCUT2D eigenvalue weighted by Crippen LogP contribution is 2.21. The summed E-state index contributed by atoms with van der Waals surface area (Å²) >= 11 is 0. The van der Waals surface area contributed by atoms with E-state index in [9.17, 15) is 9.18 Å². The molecule has 0 radical (unpaired) electrons. The van der Waals surface area contributed by atoms with Crippen LogP contribution in [0.3, 0.4) is 0 Å². The molecule has 4 rings (SSSR count). The van der Waals surface area contributed by atoms with Gasteiger partial charge in [0, 0.05) is 62.9 Å². The summed E-state index contributed by atoms with van der Waals surface area (Å²) in [5.74, 6) is -0.281. The summed E-state index contributed by atoms with van der Waals surface area (Å²) in [4.78, 5) is 28.1. The monoisotopic (exact) mass is 442 g/mol. The van der Waals surface area contributed by atoms with Crippen molar-refractivity contribution in [3.8, 4) is 11.1 Å². The van der Waals surface area contributed by atoms with Crippen LogP contribution in [-0.2, 0) is 16.0 Å². The van der Waals surface area contributed by atoms with Crippen molar-refractivity contribution in [3.63, 3.8) is 0 Å². The van der Waals surface area contributed by atoms with E-state index in [1.54, 1.807) is 16.8 Å². The first-order chi connectivity index (χ1) is 15.7. The fourth-order valence-corrected chi connectivity index (χ4v) is 3.62. The first-order valence-electron chi connectivity index (χ1n) is 10.8. The molecule has 0 aliphatic carbocycles. The number of pyridine rings is 2. The molecule has 1 fully saturated rings. The van der Waals surface area contributed by atoms with Crippen molar-refractivity contribution in [1.82, 2.24) is 24.4 Å². The first kappa shape index (κ1) is 22.3. The number of hydrogen-bond acceptors (Lipinski definition) is 8. The van der Waals surface area contributed by atoms with Gasteiger partial charge in [-0.3, -0.25) is 14.3 Å². The Hall–Kier alpha value is -2.95. The third-order valence-electron chi connectivity index (χ3n) is 5.35. The van der Waals surface area contributed by atoms with Gasteiger partial charge in [-0.05, 0) is 25.1 Å². The highest BCUT2D eigenvalue weighted by molar-refractivity contribution is 5.78. The zero-order chi connectivity index (χ0) is 22.3. The van der Waals surface area contributed by atoms with Crippen LogP contribution in [0.25, 0.3) is 22.3 Å². The minimum Gasteiger partial charge on any atom is -0.380 e. The second-order valence-corrected chi connectivity index (χ2v) is 7.43. The number of morpholine rings is 1. The molecule has 0 amide bonds. The molecule has 9 nitrogen and oxygen atoms in total. The second kappa shape index (κ2) is 10.6. The van der Waals surface area contributed by atoms with Crippen LogP contribution in [0.5, 0.6) is 0 Å². The highest BCUT2D eigenvalue weighted by atomic mass is 19.1. The summed E-state index contributed by atoms with van der Waals surface area (Å²) in [6.45, 7) is 7.86. The Balaban J connectivity index is 1.62. The molecule has 0 aromatic carbocycles. The van der Waals surface area contributed by atoms with E-state index < -0.39 is 5.95 Å². The first-order valence-corrected chi connectivity index (χ1v) is 10.8. The summed E-state index contributed by atoms with van der Waals surface area (Å²) < 4.78 is 25.7. The zero-order valence-corrected chi connectivity index (χ0v) is 18.1. The summed E-state index contributed by atoms with van der Waals surface area (Å²) in [6.07, 6.45) is 3.09. The lowest BCUT2D eigenvalue weighted by molar-refractivity contribution is 0.0398. The Kier molecular flexibility index (Phi) is 7.35. The predicted octanol–water partition coefficient (Wildman–Crippen LogP) is 1.77. The van der Waals surface area contributed by atoms with Crippen LogP contribution in [0, 0.1) is 5.95 Å². The molecule has 0 saturated carbocycles. The van der Waals surface area contributed by atoms with E-state index in [0.717, 1.165) is 38.4 Å². The quantitative estimate of drug-likeness (QED) is 0.396. The van der Waals surface area contributed by atoms with E-state index in [1.165, 1.54) is 12.3 Å². The van der Waals surface area contributed by atoms with Crippen molar-refractivity contribution in [2.24, 2.45) is 0 Å². The summed E-state index contributed by atoms with van der Waals surface area (Å²) in [6, 6.07) is 4.75. The molecule has 0 spiro atoms. The van der Waals surface area contributed by atoms with Crippen LogP contribution >= 0.6 is 0 Å². The third kappa shape index (κ3) is 5.26. The van der Waals surface area contributed by atoms with Gasteiger partial charge in [-0.15, -0.1) is 0 Å². The second-order valence-electron chi connectivity index (χ2n) is 7.43. The minimum absolute atomic E-state index is 0.227. The SMILES string of the molecule is CCOCCn1c(=O)c(NCCN2CCOCC2)nc2ncc(-c3ccc(F)nc3)cc21. The molecular weight excluding hydrogens is 415 g/mol. The molecule has 0 atom stereocenters. The molecular formula is C22H27FN6O3. The fraction of sp³-hybridized carbons (Fsp3) is 0.455. The fourth-order valence-electron chi connectivity index (χ4n) is 3.62. The van der Waals surface area contributed by atoms with Crippen molar-refractivity contribution in [3.05, 3.63) is 46.9 Å². The number of halogens is 1. The largest absolute Gasteiger partial charge is 0.380 e. The van der Waals surface area contributed by atoms with Crippen LogP contribution in [0.4, 0.5) is 10.2 Å². The standard InChI is InChI=1S/C22H27FN6O3/c1-2-31-12-9-29-18-13-17(16-3-4-19(23)25-14-16)15-26-20(18)27-21(22(29)30)24-5-6-28-7-10-32-11-8-28/h3-4,13-15H,2,5-12H2,1H3,(H,24,26,27). The maximum atomic E-state index is 13.2. The number of hydrogen-bond donors (Lipinski definition) is 1. The Morgan fingerprint density at radius 2 is 1.97 bits per heavy atom. The predicted molar refractivity (Wildman–Crippen MR) is 119 cm³/mol. The Labute approximate surface area is 185 Å². The van der Waals surface area contributed by atoms with Gasteiger partial charge in [-0.2, -0.15) is 4.39 Å². The molecule has 1 aliphatic heterocycles. The van der Waals surface area contributed by atoms with Gasteiger partial charge < -0.3 is 14.8 Å². The minimum atomic E-state index is -0.550. The molecule has 32 heavy (non-hydrogen) atoms. The summed E-state index contributed by atoms with van der Waals surface area (Å²) in [7, 11) is 0. The number of anilines is 1. The highest BCUT2D eigenvalue weighted by Gasteiger charge is 2.15. The van der Waals surface area contributed by atoms with E-state index in [0.29, 0.717) is 43.0 Å². The van der Waals surface area contributed by atoms with Gasteiger partial charge in [0.25, 0.3) is 5.56 Å². The lowest BCUT2D eigenvalue weighted by atomic mass is 10.1. The smallest absolute Gasteiger partial charge is 0.293 e. The summed E-state index contributed by atoms with van der Waals surface area (Å²) in [5.41, 5.74) is 2.25. The number of ether oxygens (including phenoxy) is 2. The topological polar surface area (TPSA) is 94.4 Å². The molecule has 4 heterocycles. The van der Waals surface area contributed by atoms with Crippen LogP contribution in [-0.4, -0.2) is 77.0 Å². The summed E-state index contributed by atoms with van der Waals surface area (Å²) in [5, 5.41) is 3.18. The normalized spacial score (nSPS) is 14.7. The maximum Gasteiger partial charge on any atom is 0.293 e. The van der Waals surface area contributed by atoms with Crippen LogP contribution in [0.1, 0.15) is 6.92 Å².